The van der Waals surface area contributed by atoms with E-state index in [9.17, 15) is 13.2 Å². The number of hydrogen-bond donors (Lipinski definition) is 1. The summed E-state index contributed by atoms with van der Waals surface area (Å²) in [5.74, 6) is 0.141. The molecule has 1 N–H and O–H groups in total. The van der Waals surface area contributed by atoms with Gasteiger partial charge in [-0.3, -0.25) is 4.79 Å². The number of hydrogen-bond acceptors (Lipinski definition) is 3. The van der Waals surface area contributed by atoms with Crippen molar-refractivity contribution in [1.29, 1.82) is 0 Å². The first kappa shape index (κ1) is 15.9. The van der Waals surface area contributed by atoms with Crippen molar-refractivity contribution < 1.29 is 13.2 Å². The topological polar surface area (TPSA) is 63.2 Å². The van der Waals surface area contributed by atoms with E-state index in [1.165, 1.54) is 12.1 Å². The minimum atomic E-state index is -3.46. The van der Waals surface area contributed by atoms with Gasteiger partial charge in [0.2, 0.25) is 10.0 Å². The number of carbonyl (C=O) groups is 1. The molecule has 4 nitrogen and oxygen atoms in total. The van der Waals surface area contributed by atoms with Crippen LogP contribution in [0.25, 0.3) is 0 Å². The van der Waals surface area contributed by atoms with E-state index >= 15 is 0 Å². The molecule has 0 fully saturated rings. The van der Waals surface area contributed by atoms with Gasteiger partial charge in [0.15, 0.2) is 0 Å². The van der Waals surface area contributed by atoms with Crippen LogP contribution in [-0.2, 0) is 21.2 Å². The molecule has 19 heavy (non-hydrogen) atoms. The lowest BCUT2D eigenvalue weighted by atomic mass is 10.0. The van der Waals surface area contributed by atoms with Gasteiger partial charge in [-0.15, -0.1) is 0 Å². The molecule has 0 saturated heterocycles. The highest BCUT2D eigenvalue weighted by molar-refractivity contribution is 7.89. The molecule has 0 unspecified atom stereocenters. The highest BCUT2D eigenvalue weighted by Gasteiger charge is 2.15. The van der Waals surface area contributed by atoms with Crippen LogP contribution in [0.4, 0.5) is 0 Å². The zero-order valence-corrected chi connectivity index (χ0v) is 12.6. The molecule has 0 aliphatic rings. The third-order valence-corrected chi connectivity index (χ3v) is 4.32. The summed E-state index contributed by atoms with van der Waals surface area (Å²) in [4.78, 5) is 11.8. The minimum absolute atomic E-state index is 0.00832. The number of rotatable bonds is 6. The lowest BCUT2D eigenvalue weighted by Gasteiger charge is -2.10. The molecule has 106 valence electrons. The molecule has 0 heterocycles. The van der Waals surface area contributed by atoms with Gasteiger partial charge in [0.05, 0.1) is 4.90 Å². The van der Waals surface area contributed by atoms with Crippen molar-refractivity contribution in [2.24, 2.45) is 5.92 Å². The SMILES string of the molecule is CC(C)NS(=O)(=O)c1ccc(CC(=O)C(C)C)cc1. The quantitative estimate of drug-likeness (QED) is 0.870. The maximum atomic E-state index is 11.9. The number of ketones is 1. The maximum absolute atomic E-state index is 11.9. The smallest absolute Gasteiger partial charge is 0.240 e. The van der Waals surface area contributed by atoms with Crippen LogP contribution in [0.15, 0.2) is 29.2 Å². The van der Waals surface area contributed by atoms with Gasteiger partial charge in [-0.1, -0.05) is 26.0 Å². The number of Topliss-reactive ketones (excluding diaryl/α,β-unsaturated/α-hetero) is 1. The number of carbonyl (C=O) groups excluding carboxylic acids is 1. The third kappa shape index (κ3) is 4.76. The predicted octanol–water partition coefficient (Wildman–Crippen LogP) is 2.14. The van der Waals surface area contributed by atoms with Crippen molar-refractivity contribution in [3.05, 3.63) is 29.8 Å². The summed E-state index contributed by atoms with van der Waals surface area (Å²) in [6.45, 7) is 7.25. The Balaban J connectivity index is 2.85. The standard InChI is InChI=1S/C14H21NO3S/c1-10(2)14(16)9-12-5-7-13(8-6-12)19(17,18)15-11(3)4/h5-8,10-11,15H,9H2,1-4H3. The van der Waals surface area contributed by atoms with Crippen LogP contribution in [0.5, 0.6) is 0 Å². The van der Waals surface area contributed by atoms with E-state index in [-0.39, 0.29) is 22.6 Å². The lowest BCUT2D eigenvalue weighted by molar-refractivity contribution is -0.121. The van der Waals surface area contributed by atoms with E-state index in [4.69, 9.17) is 0 Å². The fourth-order valence-electron chi connectivity index (χ4n) is 1.57. The number of nitrogens with one attached hydrogen (secondary N) is 1. The summed E-state index contributed by atoms with van der Waals surface area (Å²) in [5.41, 5.74) is 0.835. The van der Waals surface area contributed by atoms with Gasteiger partial charge in [0, 0.05) is 18.4 Å². The Morgan fingerprint density at radius 3 is 2.05 bits per heavy atom. The molecule has 1 aromatic carbocycles. The monoisotopic (exact) mass is 283 g/mol. The molecule has 0 atom stereocenters. The Kier molecular flexibility index (Phi) is 5.26. The average molecular weight is 283 g/mol. The van der Waals surface area contributed by atoms with Crippen LogP contribution in [-0.4, -0.2) is 20.2 Å². The molecular formula is C14H21NO3S. The molecule has 1 aromatic rings. The van der Waals surface area contributed by atoms with E-state index in [1.807, 2.05) is 13.8 Å². The summed E-state index contributed by atoms with van der Waals surface area (Å²) in [6, 6.07) is 6.30. The van der Waals surface area contributed by atoms with Crippen molar-refractivity contribution in [3.8, 4) is 0 Å². The van der Waals surface area contributed by atoms with Crippen molar-refractivity contribution in [3.63, 3.8) is 0 Å². The molecule has 0 aliphatic carbocycles. The molecule has 0 amide bonds. The molecule has 0 radical (unpaired) electrons. The van der Waals surface area contributed by atoms with Crippen LogP contribution in [0.3, 0.4) is 0 Å². The summed E-state index contributed by atoms with van der Waals surface area (Å²) < 4.78 is 26.3. The van der Waals surface area contributed by atoms with Crippen LogP contribution in [0.2, 0.25) is 0 Å². The first-order valence-corrected chi connectivity index (χ1v) is 7.84. The van der Waals surface area contributed by atoms with Gasteiger partial charge >= 0.3 is 0 Å². The first-order valence-electron chi connectivity index (χ1n) is 6.36. The molecule has 0 aromatic heterocycles. The Labute approximate surface area is 115 Å². The highest BCUT2D eigenvalue weighted by atomic mass is 32.2. The molecule has 1 rings (SSSR count). The second kappa shape index (κ2) is 6.30. The molecular weight excluding hydrogens is 262 g/mol. The summed E-state index contributed by atoms with van der Waals surface area (Å²) in [5, 5.41) is 0. The normalized spacial score (nSPS) is 12.1. The Morgan fingerprint density at radius 2 is 1.63 bits per heavy atom. The summed E-state index contributed by atoms with van der Waals surface area (Å²) in [7, 11) is -3.46. The third-order valence-electron chi connectivity index (χ3n) is 2.65. The van der Waals surface area contributed by atoms with Crippen LogP contribution in [0, 0.1) is 5.92 Å². The van der Waals surface area contributed by atoms with Crippen molar-refractivity contribution >= 4 is 15.8 Å². The molecule has 0 saturated carbocycles. The Morgan fingerprint density at radius 1 is 1.11 bits per heavy atom. The Hall–Kier alpha value is -1.20. The minimum Gasteiger partial charge on any atom is -0.299 e. The summed E-state index contributed by atoms with van der Waals surface area (Å²) >= 11 is 0. The molecule has 0 spiro atoms. The lowest BCUT2D eigenvalue weighted by Crippen LogP contribution is -2.30. The zero-order valence-electron chi connectivity index (χ0n) is 11.8. The first-order chi connectivity index (χ1) is 8.72. The maximum Gasteiger partial charge on any atom is 0.240 e. The number of sulfonamides is 1. The van der Waals surface area contributed by atoms with Gasteiger partial charge in [0.25, 0.3) is 0 Å². The van der Waals surface area contributed by atoms with Crippen LogP contribution in [0.1, 0.15) is 33.3 Å². The van der Waals surface area contributed by atoms with Crippen LogP contribution >= 0.6 is 0 Å². The summed E-state index contributed by atoms with van der Waals surface area (Å²) in [6.07, 6.45) is 0.343. The fourth-order valence-corrected chi connectivity index (χ4v) is 2.82. The van der Waals surface area contributed by atoms with Crippen LogP contribution < -0.4 is 4.72 Å². The average Bonchev–Trinajstić information content (AvgIpc) is 2.27. The molecule has 0 bridgehead atoms. The Bertz CT molecular complexity index is 530. The molecule has 0 aliphatic heterocycles. The molecule has 5 heteroatoms. The fraction of sp³-hybridized carbons (Fsp3) is 0.500. The van der Waals surface area contributed by atoms with E-state index in [1.54, 1.807) is 26.0 Å². The predicted molar refractivity (Wildman–Crippen MR) is 75.4 cm³/mol. The van der Waals surface area contributed by atoms with E-state index in [0.29, 0.717) is 6.42 Å². The second-order valence-electron chi connectivity index (χ2n) is 5.22. The number of benzene rings is 1. The zero-order chi connectivity index (χ0) is 14.6. The van der Waals surface area contributed by atoms with Crippen molar-refractivity contribution in [2.75, 3.05) is 0 Å². The van der Waals surface area contributed by atoms with Gasteiger partial charge in [-0.2, -0.15) is 0 Å². The van der Waals surface area contributed by atoms with E-state index < -0.39 is 10.0 Å². The second-order valence-corrected chi connectivity index (χ2v) is 6.93. The highest BCUT2D eigenvalue weighted by Crippen LogP contribution is 2.13. The van der Waals surface area contributed by atoms with Crippen molar-refractivity contribution in [1.82, 2.24) is 4.72 Å². The largest absolute Gasteiger partial charge is 0.299 e. The van der Waals surface area contributed by atoms with Gasteiger partial charge in [-0.05, 0) is 31.5 Å². The van der Waals surface area contributed by atoms with E-state index in [2.05, 4.69) is 4.72 Å². The van der Waals surface area contributed by atoms with Gasteiger partial charge in [0.1, 0.15) is 5.78 Å². The van der Waals surface area contributed by atoms with E-state index in [0.717, 1.165) is 5.56 Å². The van der Waals surface area contributed by atoms with Gasteiger partial charge in [-0.25, -0.2) is 13.1 Å². The van der Waals surface area contributed by atoms with Crippen molar-refractivity contribution in [2.45, 2.75) is 45.1 Å². The van der Waals surface area contributed by atoms with Gasteiger partial charge < -0.3 is 0 Å².